The predicted octanol–water partition coefficient (Wildman–Crippen LogP) is 1.23. The zero-order valence-electron chi connectivity index (χ0n) is 10.4. The Morgan fingerprint density at radius 2 is 2.25 bits per heavy atom. The van der Waals surface area contributed by atoms with E-state index in [0.29, 0.717) is 6.54 Å². The lowest BCUT2D eigenvalue weighted by Gasteiger charge is -2.06. The molecule has 0 fully saturated rings. The smallest absolute Gasteiger partial charge is 0.194 e. The van der Waals surface area contributed by atoms with Crippen LogP contribution in [0.5, 0.6) is 0 Å². The summed E-state index contributed by atoms with van der Waals surface area (Å²) in [5.74, 6) is 2.43. The molecule has 0 aliphatic rings. The summed E-state index contributed by atoms with van der Waals surface area (Å²) in [6.07, 6.45) is 1.94. The minimum atomic E-state index is 0.607. The molecule has 0 aliphatic heterocycles. The fraction of sp³-hybridized carbons (Fsp3) is 0.636. The van der Waals surface area contributed by atoms with Gasteiger partial charge < -0.3 is 15.1 Å². The number of aromatic nitrogens is 1. The van der Waals surface area contributed by atoms with E-state index in [0.717, 1.165) is 36.1 Å². The second kappa shape index (κ2) is 6.15. The van der Waals surface area contributed by atoms with Crippen molar-refractivity contribution >= 4 is 5.96 Å². The highest BCUT2D eigenvalue weighted by molar-refractivity contribution is 5.79. The lowest BCUT2D eigenvalue weighted by atomic mass is 10.3. The van der Waals surface area contributed by atoms with Crippen LogP contribution in [0.1, 0.15) is 30.7 Å². The summed E-state index contributed by atoms with van der Waals surface area (Å²) < 4.78 is 5.64. The molecule has 0 atom stereocenters. The first-order chi connectivity index (χ1) is 7.71. The van der Waals surface area contributed by atoms with Crippen molar-refractivity contribution in [3.05, 3.63) is 17.3 Å². The van der Waals surface area contributed by atoms with Crippen LogP contribution in [-0.2, 0) is 13.0 Å². The van der Waals surface area contributed by atoms with Crippen molar-refractivity contribution in [1.29, 1.82) is 0 Å². The molecule has 0 saturated carbocycles. The van der Waals surface area contributed by atoms with Gasteiger partial charge in [-0.25, -0.2) is 4.98 Å². The van der Waals surface area contributed by atoms with Gasteiger partial charge >= 0.3 is 0 Å². The van der Waals surface area contributed by atoms with E-state index in [2.05, 4.69) is 27.5 Å². The first-order valence-electron chi connectivity index (χ1n) is 5.54. The quantitative estimate of drug-likeness (QED) is 0.596. The topological polar surface area (TPSA) is 62.5 Å². The first-order valence-corrected chi connectivity index (χ1v) is 5.54. The van der Waals surface area contributed by atoms with Gasteiger partial charge in [-0.1, -0.05) is 6.92 Å². The Bertz CT molecular complexity index is 357. The van der Waals surface area contributed by atoms with Crippen LogP contribution in [0.2, 0.25) is 0 Å². The van der Waals surface area contributed by atoms with Crippen LogP contribution in [0.25, 0.3) is 0 Å². The maximum absolute atomic E-state index is 5.64. The first kappa shape index (κ1) is 12.5. The molecule has 0 amide bonds. The zero-order chi connectivity index (χ0) is 12.0. The molecule has 2 N–H and O–H groups in total. The lowest BCUT2D eigenvalue weighted by molar-refractivity contribution is 0.446. The second-order valence-corrected chi connectivity index (χ2v) is 3.54. The maximum atomic E-state index is 5.64. The molecular weight excluding hydrogens is 204 g/mol. The molecule has 1 aromatic rings. The highest BCUT2D eigenvalue weighted by Crippen LogP contribution is 2.11. The molecule has 1 aromatic heterocycles. The Labute approximate surface area is 96.4 Å². The summed E-state index contributed by atoms with van der Waals surface area (Å²) in [5, 5.41) is 6.09. The fourth-order valence-corrected chi connectivity index (χ4v) is 1.42. The number of hydrogen-bond acceptors (Lipinski definition) is 3. The molecule has 5 nitrogen and oxygen atoms in total. The molecule has 0 radical (unpaired) electrons. The van der Waals surface area contributed by atoms with Gasteiger partial charge in [-0.05, 0) is 13.3 Å². The molecule has 0 aromatic carbocycles. The highest BCUT2D eigenvalue weighted by atomic mass is 16.4. The summed E-state index contributed by atoms with van der Waals surface area (Å²) in [4.78, 5) is 8.39. The van der Waals surface area contributed by atoms with Crippen LogP contribution in [0.3, 0.4) is 0 Å². The Hall–Kier alpha value is -1.52. The number of rotatable bonds is 4. The van der Waals surface area contributed by atoms with E-state index in [1.807, 2.05) is 14.0 Å². The van der Waals surface area contributed by atoms with Gasteiger partial charge in [0.2, 0.25) is 0 Å². The van der Waals surface area contributed by atoms with Crippen LogP contribution in [0, 0.1) is 6.92 Å². The van der Waals surface area contributed by atoms with Crippen molar-refractivity contribution in [2.45, 2.75) is 33.2 Å². The van der Waals surface area contributed by atoms with Crippen molar-refractivity contribution in [2.24, 2.45) is 4.99 Å². The van der Waals surface area contributed by atoms with E-state index in [1.54, 1.807) is 7.05 Å². The number of oxazole rings is 1. The molecule has 0 spiro atoms. The number of aliphatic imine (C=N–C) groups is 1. The van der Waals surface area contributed by atoms with E-state index < -0.39 is 0 Å². The van der Waals surface area contributed by atoms with Crippen molar-refractivity contribution in [3.8, 4) is 0 Å². The average Bonchev–Trinajstić information content (AvgIpc) is 2.61. The van der Waals surface area contributed by atoms with Crippen molar-refractivity contribution in [1.82, 2.24) is 15.6 Å². The Balaban J connectivity index is 2.59. The standard InChI is InChI=1S/C11H20N4O/c1-5-6-10-15-8(2)9(16-10)7-14-11(12-3)13-4/h5-7H2,1-4H3,(H2,12,13,14). The predicted molar refractivity (Wildman–Crippen MR) is 64.5 cm³/mol. The van der Waals surface area contributed by atoms with E-state index in [-0.39, 0.29) is 0 Å². The van der Waals surface area contributed by atoms with Crippen molar-refractivity contribution in [2.75, 3.05) is 14.1 Å². The van der Waals surface area contributed by atoms with Gasteiger partial charge in [-0.2, -0.15) is 0 Å². The van der Waals surface area contributed by atoms with Crippen LogP contribution in [-0.4, -0.2) is 25.0 Å². The molecule has 5 heteroatoms. The van der Waals surface area contributed by atoms with Gasteiger partial charge in [0.25, 0.3) is 0 Å². The third-order valence-electron chi connectivity index (χ3n) is 2.28. The SMILES string of the molecule is CCCc1nc(C)c(CNC(=NC)NC)o1. The normalized spacial score (nSPS) is 11.6. The van der Waals surface area contributed by atoms with Gasteiger partial charge in [0.15, 0.2) is 11.9 Å². The average molecular weight is 224 g/mol. The minimum absolute atomic E-state index is 0.607. The molecule has 16 heavy (non-hydrogen) atoms. The monoisotopic (exact) mass is 224 g/mol. The minimum Gasteiger partial charge on any atom is -0.444 e. The largest absolute Gasteiger partial charge is 0.444 e. The summed E-state index contributed by atoms with van der Waals surface area (Å²) >= 11 is 0. The van der Waals surface area contributed by atoms with Crippen LogP contribution in [0.4, 0.5) is 0 Å². The van der Waals surface area contributed by atoms with Gasteiger partial charge in [-0.3, -0.25) is 4.99 Å². The van der Waals surface area contributed by atoms with Gasteiger partial charge in [0.05, 0.1) is 12.2 Å². The van der Waals surface area contributed by atoms with E-state index in [9.17, 15) is 0 Å². The van der Waals surface area contributed by atoms with Crippen molar-refractivity contribution in [3.63, 3.8) is 0 Å². The Morgan fingerprint density at radius 3 is 2.81 bits per heavy atom. The van der Waals surface area contributed by atoms with E-state index >= 15 is 0 Å². The molecule has 1 heterocycles. The van der Waals surface area contributed by atoms with Gasteiger partial charge in [0, 0.05) is 20.5 Å². The number of nitrogens with zero attached hydrogens (tertiary/aromatic N) is 2. The van der Waals surface area contributed by atoms with Crippen LogP contribution >= 0.6 is 0 Å². The van der Waals surface area contributed by atoms with Crippen molar-refractivity contribution < 1.29 is 4.42 Å². The lowest BCUT2D eigenvalue weighted by Crippen LogP contribution is -2.34. The molecule has 0 unspecified atom stereocenters. The van der Waals surface area contributed by atoms with Gasteiger partial charge in [0.1, 0.15) is 5.76 Å². The third kappa shape index (κ3) is 3.25. The number of hydrogen-bond donors (Lipinski definition) is 2. The van der Waals surface area contributed by atoms with Crippen LogP contribution < -0.4 is 10.6 Å². The second-order valence-electron chi connectivity index (χ2n) is 3.54. The number of guanidine groups is 1. The molecule has 1 rings (SSSR count). The van der Waals surface area contributed by atoms with Gasteiger partial charge in [-0.15, -0.1) is 0 Å². The number of aryl methyl sites for hydroxylation is 2. The molecule has 90 valence electrons. The Kier molecular flexibility index (Phi) is 4.82. The summed E-state index contributed by atoms with van der Waals surface area (Å²) in [7, 11) is 3.56. The summed E-state index contributed by atoms with van der Waals surface area (Å²) in [6, 6.07) is 0. The summed E-state index contributed by atoms with van der Waals surface area (Å²) in [5.41, 5.74) is 0.947. The number of nitrogens with one attached hydrogen (secondary N) is 2. The molecule has 0 saturated heterocycles. The maximum Gasteiger partial charge on any atom is 0.194 e. The van der Waals surface area contributed by atoms with Crippen LogP contribution in [0.15, 0.2) is 9.41 Å². The third-order valence-corrected chi connectivity index (χ3v) is 2.28. The highest BCUT2D eigenvalue weighted by Gasteiger charge is 2.08. The zero-order valence-corrected chi connectivity index (χ0v) is 10.4. The Morgan fingerprint density at radius 1 is 1.50 bits per heavy atom. The molecule has 0 aliphatic carbocycles. The molecular formula is C11H20N4O. The fourth-order valence-electron chi connectivity index (χ4n) is 1.42. The summed E-state index contributed by atoms with van der Waals surface area (Å²) in [6.45, 7) is 4.68. The van der Waals surface area contributed by atoms with E-state index in [4.69, 9.17) is 4.42 Å². The van der Waals surface area contributed by atoms with E-state index in [1.165, 1.54) is 0 Å². The molecule has 0 bridgehead atoms.